The van der Waals surface area contributed by atoms with Gasteiger partial charge in [-0.05, 0) is 62.8 Å². The standard InChI is InChI=1S/C21H26FN3O3/c1-13(2)14(3)23-19(26)12-28-21(27)20-17-6-4-5-7-18(17)25(24-20)16-10-8-15(22)9-11-16/h8-11,13-14H,4-7,12H2,1-3H3,(H,23,26). The van der Waals surface area contributed by atoms with Crippen LogP contribution in [0.15, 0.2) is 24.3 Å². The number of nitrogens with one attached hydrogen (secondary N) is 1. The number of hydrogen-bond donors (Lipinski definition) is 1. The number of nitrogens with zero attached hydrogens (tertiary/aromatic N) is 2. The number of benzene rings is 1. The molecule has 1 heterocycles. The molecule has 150 valence electrons. The monoisotopic (exact) mass is 387 g/mol. The van der Waals surface area contributed by atoms with Crippen molar-refractivity contribution in [2.45, 2.75) is 52.5 Å². The van der Waals surface area contributed by atoms with Gasteiger partial charge in [0.25, 0.3) is 5.91 Å². The molecule has 0 radical (unpaired) electrons. The van der Waals surface area contributed by atoms with E-state index in [1.54, 1.807) is 16.8 Å². The number of amides is 1. The largest absolute Gasteiger partial charge is 0.451 e. The van der Waals surface area contributed by atoms with E-state index in [4.69, 9.17) is 4.74 Å². The Bertz CT molecular complexity index is 859. The molecule has 1 aliphatic rings. The van der Waals surface area contributed by atoms with Crippen molar-refractivity contribution >= 4 is 11.9 Å². The number of esters is 1. The van der Waals surface area contributed by atoms with E-state index in [9.17, 15) is 14.0 Å². The third kappa shape index (κ3) is 4.40. The number of carbonyl (C=O) groups is 2. The van der Waals surface area contributed by atoms with Crippen molar-refractivity contribution in [3.63, 3.8) is 0 Å². The van der Waals surface area contributed by atoms with Crippen molar-refractivity contribution in [2.24, 2.45) is 5.92 Å². The minimum Gasteiger partial charge on any atom is -0.451 e. The van der Waals surface area contributed by atoms with Gasteiger partial charge in [0.15, 0.2) is 12.3 Å². The SMILES string of the molecule is CC(C)C(C)NC(=O)COC(=O)c1nn(-c2ccc(F)cc2)c2c1CCCC2. The van der Waals surface area contributed by atoms with Crippen LogP contribution < -0.4 is 5.32 Å². The van der Waals surface area contributed by atoms with Crippen molar-refractivity contribution in [2.75, 3.05) is 6.61 Å². The van der Waals surface area contributed by atoms with Crippen LogP contribution in [0.4, 0.5) is 4.39 Å². The Hall–Kier alpha value is -2.70. The van der Waals surface area contributed by atoms with Crippen LogP contribution in [0, 0.1) is 11.7 Å². The van der Waals surface area contributed by atoms with Gasteiger partial charge in [-0.3, -0.25) is 4.79 Å². The smallest absolute Gasteiger partial charge is 0.359 e. The summed E-state index contributed by atoms with van der Waals surface area (Å²) in [6.07, 6.45) is 3.50. The van der Waals surface area contributed by atoms with Crippen molar-refractivity contribution in [1.82, 2.24) is 15.1 Å². The molecule has 1 N–H and O–H groups in total. The second kappa shape index (κ2) is 8.54. The third-order valence-corrected chi connectivity index (χ3v) is 5.17. The first kappa shape index (κ1) is 20.0. The Balaban J connectivity index is 1.77. The lowest BCUT2D eigenvalue weighted by Crippen LogP contribution is -2.38. The molecule has 7 heteroatoms. The normalized spacial score (nSPS) is 14.5. The number of ether oxygens (including phenoxy) is 1. The summed E-state index contributed by atoms with van der Waals surface area (Å²) in [5, 5.41) is 7.25. The van der Waals surface area contributed by atoms with Crippen LogP contribution in [0.2, 0.25) is 0 Å². The lowest BCUT2D eigenvalue weighted by molar-refractivity contribution is -0.125. The molecule has 1 aliphatic carbocycles. The van der Waals surface area contributed by atoms with Gasteiger partial charge < -0.3 is 10.1 Å². The molecule has 0 saturated carbocycles. The van der Waals surface area contributed by atoms with Crippen LogP contribution >= 0.6 is 0 Å². The first-order valence-electron chi connectivity index (χ1n) is 9.70. The van der Waals surface area contributed by atoms with Gasteiger partial charge in [0.2, 0.25) is 0 Å². The Morgan fingerprint density at radius 1 is 1.18 bits per heavy atom. The number of fused-ring (bicyclic) bond motifs is 1. The maximum absolute atomic E-state index is 13.2. The summed E-state index contributed by atoms with van der Waals surface area (Å²) in [7, 11) is 0. The molecule has 2 aromatic rings. The first-order chi connectivity index (χ1) is 13.4. The molecule has 0 bridgehead atoms. The average molecular weight is 387 g/mol. The second-order valence-corrected chi connectivity index (χ2v) is 7.55. The van der Waals surface area contributed by atoms with Crippen molar-refractivity contribution in [1.29, 1.82) is 0 Å². The number of rotatable bonds is 6. The molecule has 28 heavy (non-hydrogen) atoms. The second-order valence-electron chi connectivity index (χ2n) is 7.55. The molecule has 3 rings (SSSR count). The molecule has 6 nitrogen and oxygen atoms in total. The van der Waals surface area contributed by atoms with Crippen LogP contribution in [0.5, 0.6) is 0 Å². The first-order valence-corrected chi connectivity index (χ1v) is 9.70. The average Bonchev–Trinajstić information content (AvgIpc) is 3.06. The molecule has 1 aromatic carbocycles. The lowest BCUT2D eigenvalue weighted by Gasteiger charge is -2.17. The summed E-state index contributed by atoms with van der Waals surface area (Å²) >= 11 is 0. The number of carbonyl (C=O) groups excluding carboxylic acids is 2. The minimum atomic E-state index is -0.605. The summed E-state index contributed by atoms with van der Waals surface area (Å²) < 4.78 is 20.2. The summed E-state index contributed by atoms with van der Waals surface area (Å²) in [5.41, 5.74) is 2.74. The van der Waals surface area contributed by atoms with E-state index in [1.807, 2.05) is 20.8 Å². The minimum absolute atomic E-state index is 0.00311. The maximum atomic E-state index is 13.2. The van der Waals surface area contributed by atoms with E-state index >= 15 is 0 Å². The van der Waals surface area contributed by atoms with Gasteiger partial charge in [0.1, 0.15) is 5.82 Å². The molecule has 0 spiro atoms. The maximum Gasteiger partial charge on any atom is 0.359 e. The topological polar surface area (TPSA) is 73.2 Å². The summed E-state index contributed by atoms with van der Waals surface area (Å²) in [6.45, 7) is 5.58. The van der Waals surface area contributed by atoms with Gasteiger partial charge in [0.05, 0.1) is 5.69 Å². The lowest BCUT2D eigenvalue weighted by atomic mass is 9.95. The predicted octanol–water partition coefficient (Wildman–Crippen LogP) is 3.21. The van der Waals surface area contributed by atoms with Gasteiger partial charge in [-0.1, -0.05) is 13.8 Å². The van der Waals surface area contributed by atoms with Gasteiger partial charge >= 0.3 is 5.97 Å². The quantitative estimate of drug-likeness (QED) is 0.773. The fourth-order valence-corrected chi connectivity index (χ4v) is 3.22. The molecule has 1 amide bonds. The highest BCUT2D eigenvalue weighted by atomic mass is 19.1. The Kier molecular flexibility index (Phi) is 6.11. The summed E-state index contributed by atoms with van der Waals surface area (Å²) in [6, 6.07) is 5.99. The van der Waals surface area contributed by atoms with E-state index in [-0.39, 0.29) is 36.0 Å². The van der Waals surface area contributed by atoms with E-state index in [0.717, 1.165) is 36.9 Å². The van der Waals surface area contributed by atoms with Gasteiger partial charge in [0, 0.05) is 17.3 Å². The van der Waals surface area contributed by atoms with Gasteiger partial charge in [-0.25, -0.2) is 13.9 Å². The molecular weight excluding hydrogens is 361 g/mol. The van der Waals surface area contributed by atoms with Crippen LogP contribution in [0.25, 0.3) is 5.69 Å². The zero-order valence-corrected chi connectivity index (χ0v) is 16.5. The zero-order chi connectivity index (χ0) is 20.3. The van der Waals surface area contributed by atoms with Crippen LogP contribution in [0.3, 0.4) is 0 Å². The van der Waals surface area contributed by atoms with Crippen molar-refractivity contribution < 1.29 is 18.7 Å². The molecule has 1 unspecified atom stereocenters. The highest BCUT2D eigenvalue weighted by Gasteiger charge is 2.27. The zero-order valence-electron chi connectivity index (χ0n) is 16.5. The fourth-order valence-electron chi connectivity index (χ4n) is 3.22. The van der Waals surface area contributed by atoms with Crippen LogP contribution in [-0.4, -0.2) is 34.3 Å². The summed E-state index contributed by atoms with van der Waals surface area (Å²) in [4.78, 5) is 24.6. The molecule has 0 saturated heterocycles. The van der Waals surface area contributed by atoms with E-state index in [0.29, 0.717) is 5.69 Å². The van der Waals surface area contributed by atoms with Crippen molar-refractivity contribution in [3.8, 4) is 5.69 Å². The summed E-state index contributed by atoms with van der Waals surface area (Å²) in [5.74, 6) is -0.975. The molecule has 0 aliphatic heterocycles. The van der Waals surface area contributed by atoms with Gasteiger partial charge in [-0.2, -0.15) is 5.10 Å². The highest BCUT2D eigenvalue weighted by Crippen LogP contribution is 2.27. The number of aromatic nitrogens is 2. The number of halogens is 1. The molecule has 1 aromatic heterocycles. The van der Waals surface area contributed by atoms with Gasteiger partial charge in [-0.15, -0.1) is 0 Å². The highest BCUT2D eigenvalue weighted by molar-refractivity contribution is 5.91. The molecular formula is C21H26FN3O3. The Morgan fingerprint density at radius 3 is 2.54 bits per heavy atom. The van der Waals surface area contributed by atoms with Crippen LogP contribution in [-0.2, 0) is 22.4 Å². The van der Waals surface area contributed by atoms with Crippen molar-refractivity contribution in [3.05, 3.63) is 47.0 Å². The van der Waals surface area contributed by atoms with E-state index in [2.05, 4.69) is 10.4 Å². The predicted molar refractivity (Wildman–Crippen MR) is 103 cm³/mol. The third-order valence-electron chi connectivity index (χ3n) is 5.17. The Morgan fingerprint density at radius 2 is 1.86 bits per heavy atom. The molecule has 0 fully saturated rings. The molecule has 1 atom stereocenters. The van der Waals surface area contributed by atoms with E-state index in [1.165, 1.54) is 12.1 Å². The fraction of sp³-hybridized carbons (Fsp3) is 0.476. The Labute approximate surface area is 164 Å². The van der Waals surface area contributed by atoms with Crippen LogP contribution in [0.1, 0.15) is 55.4 Å². The van der Waals surface area contributed by atoms with E-state index < -0.39 is 5.97 Å². The number of hydrogen-bond acceptors (Lipinski definition) is 4.